The molecule has 0 bridgehead atoms. The molecular weight excluding hydrogens is 323 g/mol. The molecule has 0 fully saturated rings. The van der Waals surface area contributed by atoms with Gasteiger partial charge in [-0.1, -0.05) is 54.6 Å². The van der Waals surface area contributed by atoms with Crippen LogP contribution in [0.15, 0.2) is 66.7 Å². The minimum atomic E-state index is -4.26. The maximum Gasteiger partial charge on any atom is 0.416 e. The van der Waals surface area contributed by atoms with E-state index in [9.17, 15) is 13.2 Å². The first-order valence-electron chi connectivity index (χ1n) is 8.60. The SMILES string of the molecule is FC(F)(F)c1ccc(CC[C@@H]2C=CCN(Cc3ccccc3)C2)cc1. The van der Waals surface area contributed by atoms with Crippen molar-refractivity contribution in [2.24, 2.45) is 5.92 Å². The van der Waals surface area contributed by atoms with Gasteiger partial charge in [0.25, 0.3) is 0 Å². The molecule has 0 amide bonds. The van der Waals surface area contributed by atoms with Crippen molar-refractivity contribution >= 4 is 0 Å². The minimum Gasteiger partial charge on any atom is -0.295 e. The molecule has 1 aliphatic rings. The highest BCUT2D eigenvalue weighted by Gasteiger charge is 2.29. The van der Waals surface area contributed by atoms with Gasteiger partial charge in [-0.2, -0.15) is 13.2 Å². The van der Waals surface area contributed by atoms with Crippen molar-refractivity contribution in [1.29, 1.82) is 0 Å². The molecule has 0 saturated carbocycles. The summed E-state index contributed by atoms with van der Waals surface area (Å²) in [6.45, 7) is 2.87. The summed E-state index contributed by atoms with van der Waals surface area (Å²) < 4.78 is 37.8. The maximum absolute atomic E-state index is 12.6. The fourth-order valence-electron chi connectivity index (χ4n) is 3.24. The molecule has 0 spiro atoms. The molecule has 2 aromatic carbocycles. The van der Waals surface area contributed by atoms with Gasteiger partial charge in [0.05, 0.1) is 5.56 Å². The van der Waals surface area contributed by atoms with Gasteiger partial charge in [-0.15, -0.1) is 0 Å². The highest BCUT2D eigenvalue weighted by atomic mass is 19.4. The Morgan fingerprint density at radius 1 is 0.920 bits per heavy atom. The van der Waals surface area contributed by atoms with Gasteiger partial charge in [-0.25, -0.2) is 0 Å². The highest BCUT2D eigenvalue weighted by molar-refractivity contribution is 5.25. The van der Waals surface area contributed by atoms with Crippen LogP contribution in [0.25, 0.3) is 0 Å². The Labute approximate surface area is 146 Å². The minimum absolute atomic E-state index is 0.444. The van der Waals surface area contributed by atoms with E-state index >= 15 is 0 Å². The molecule has 1 nitrogen and oxygen atoms in total. The lowest BCUT2D eigenvalue weighted by Crippen LogP contribution is -2.32. The van der Waals surface area contributed by atoms with Crippen LogP contribution in [-0.2, 0) is 19.1 Å². The summed E-state index contributed by atoms with van der Waals surface area (Å²) in [6.07, 6.45) is 1.93. The molecule has 1 aliphatic heterocycles. The number of nitrogens with zero attached hydrogens (tertiary/aromatic N) is 1. The second-order valence-electron chi connectivity index (χ2n) is 6.60. The Kier molecular flexibility index (Phi) is 5.59. The molecule has 25 heavy (non-hydrogen) atoms. The first kappa shape index (κ1) is 17.7. The largest absolute Gasteiger partial charge is 0.416 e. The van der Waals surface area contributed by atoms with E-state index in [0.29, 0.717) is 5.92 Å². The molecule has 0 N–H and O–H groups in total. The first-order valence-corrected chi connectivity index (χ1v) is 8.60. The van der Waals surface area contributed by atoms with Gasteiger partial charge in [0.2, 0.25) is 0 Å². The summed E-state index contributed by atoms with van der Waals surface area (Å²) in [5.41, 5.74) is 1.68. The topological polar surface area (TPSA) is 3.24 Å². The number of aryl methyl sites for hydroxylation is 1. The van der Waals surface area contributed by atoms with E-state index in [0.717, 1.165) is 38.0 Å². The molecule has 4 heteroatoms. The molecule has 0 radical (unpaired) electrons. The average Bonchev–Trinajstić information content (AvgIpc) is 2.61. The second-order valence-corrected chi connectivity index (χ2v) is 6.60. The van der Waals surface area contributed by atoms with Crippen LogP contribution < -0.4 is 0 Å². The number of benzene rings is 2. The Morgan fingerprint density at radius 3 is 2.32 bits per heavy atom. The number of rotatable bonds is 5. The molecule has 0 saturated heterocycles. The van der Waals surface area contributed by atoms with E-state index in [-0.39, 0.29) is 0 Å². The second kappa shape index (κ2) is 7.87. The lowest BCUT2D eigenvalue weighted by molar-refractivity contribution is -0.137. The first-order chi connectivity index (χ1) is 12.0. The number of hydrogen-bond acceptors (Lipinski definition) is 1. The zero-order valence-electron chi connectivity index (χ0n) is 14.0. The van der Waals surface area contributed by atoms with E-state index in [1.165, 1.54) is 17.7 Å². The van der Waals surface area contributed by atoms with E-state index in [1.807, 2.05) is 6.07 Å². The van der Waals surface area contributed by atoms with E-state index in [2.05, 4.69) is 41.3 Å². The zero-order chi connectivity index (χ0) is 17.7. The predicted octanol–water partition coefficient (Wildman–Crippen LogP) is 5.33. The summed E-state index contributed by atoms with van der Waals surface area (Å²) in [6, 6.07) is 15.9. The molecule has 0 unspecified atom stereocenters. The van der Waals surface area contributed by atoms with Crippen molar-refractivity contribution in [2.75, 3.05) is 13.1 Å². The molecule has 3 rings (SSSR count). The predicted molar refractivity (Wildman–Crippen MR) is 94.1 cm³/mol. The molecule has 132 valence electrons. The van der Waals surface area contributed by atoms with Crippen molar-refractivity contribution in [3.63, 3.8) is 0 Å². The molecule has 0 aromatic heterocycles. The van der Waals surface area contributed by atoms with Crippen LogP contribution in [0, 0.1) is 5.92 Å². The third kappa shape index (κ3) is 5.20. The van der Waals surface area contributed by atoms with Crippen LogP contribution in [0.1, 0.15) is 23.1 Å². The third-order valence-corrected chi connectivity index (χ3v) is 4.60. The van der Waals surface area contributed by atoms with Crippen LogP contribution >= 0.6 is 0 Å². The van der Waals surface area contributed by atoms with Gasteiger partial charge < -0.3 is 0 Å². The fraction of sp³-hybridized carbons (Fsp3) is 0.333. The summed E-state index contributed by atoms with van der Waals surface area (Å²) in [5, 5.41) is 0. The van der Waals surface area contributed by atoms with Crippen LogP contribution in [0.5, 0.6) is 0 Å². The van der Waals surface area contributed by atoms with Crippen LogP contribution in [-0.4, -0.2) is 18.0 Å². The summed E-state index contributed by atoms with van der Waals surface area (Å²) in [7, 11) is 0. The lowest BCUT2D eigenvalue weighted by atomic mass is 9.95. The summed E-state index contributed by atoms with van der Waals surface area (Å²) in [5.74, 6) is 0.444. The average molecular weight is 345 g/mol. The number of halogens is 3. The Hall–Kier alpha value is -2.07. The Balaban J connectivity index is 1.51. The van der Waals surface area contributed by atoms with Gasteiger partial charge in [0.15, 0.2) is 0 Å². The maximum atomic E-state index is 12.6. The number of hydrogen-bond donors (Lipinski definition) is 0. The van der Waals surface area contributed by atoms with E-state index < -0.39 is 11.7 Å². The summed E-state index contributed by atoms with van der Waals surface area (Å²) in [4.78, 5) is 2.41. The monoisotopic (exact) mass is 345 g/mol. The number of alkyl halides is 3. The van der Waals surface area contributed by atoms with E-state index in [4.69, 9.17) is 0 Å². The fourth-order valence-corrected chi connectivity index (χ4v) is 3.24. The zero-order valence-corrected chi connectivity index (χ0v) is 14.0. The highest BCUT2D eigenvalue weighted by Crippen LogP contribution is 2.29. The van der Waals surface area contributed by atoms with Gasteiger partial charge in [-0.3, -0.25) is 4.90 Å². The van der Waals surface area contributed by atoms with Crippen molar-refractivity contribution < 1.29 is 13.2 Å². The van der Waals surface area contributed by atoms with Crippen LogP contribution in [0.3, 0.4) is 0 Å². The van der Waals surface area contributed by atoms with Gasteiger partial charge in [-0.05, 0) is 42.0 Å². The van der Waals surface area contributed by atoms with Crippen LogP contribution in [0.4, 0.5) is 13.2 Å². The van der Waals surface area contributed by atoms with Gasteiger partial charge in [0, 0.05) is 19.6 Å². The lowest BCUT2D eigenvalue weighted by Gasteiger charge is -2.29. The molecule has 0 aliphatic carbocycles. The third-order valence-electron chi connectivity index (χ3n) is 4.60. The molecular formula is C21H22F3N. The van der Waals surface area contributed by atoms with Gasteiger partial charge >= 0.3 is 6.18 Å². The Morgan fingerprint density at radius 2 is 1.64 bits per heavy atom. The molecule has 1 atom stereocenters. The van der Waals surface area contributed by atoms with Crippen molar-refractivity contribution in [3.8, 4) is 0 Å². The quantitative estimate of drug-likeness (QED) is 0.662. The molecule has 1 heterocycles. The summed E-state index contributed by atoms with van der Waals surface area (Å²) >= 11 is 0. The van der Waals surface area contributed by atoms with E-state index in [1.54, 1.807) is 12.1 Å². The smallest absolute Gasteiger partial charge is 0.295 e. The van der Waals surface area contributed by atoms with Crippen molar-refractivity contribution in [3.05, 3.63) is 83.4 Å². The van der Waals surface area contributed by atoms with Crippen molar-refractivity contribution in [2.45, 2.75) is 25.6 Å². The van der Waals surface area contributed by atoms with Gasteiger partial charge in [0.1, 0.15) is 0 Å². The van der Waals surface area contributed by atoms with Crippen molar-refractivity contribution in [1.82, 2.24) is 4.90 Å². The standard InChI is InChI=1S/C21H22F3N/c22-21(23,24)20-12-10-17(11-13-20)8-9-19-7-4-14-25(16-19)15-18-5-2-1-3-6-18/h1-7,10-13,19H,8-9,14-16H2/t19-/m0/s1. The normalized spacial score (nSPS) is 18.4. The molecule has 2 aromatic rings. The Bertz CT molecular complexity index is 689. The van der Waals surface area contributed by atoms with Crippen LogP contribution in [0.2, 0.25) is 0 Å².